The summed E-state index contributed by atoms with van der Waals surface area (Å²) in [4.78, 5) is 8.20. The van der Waals surface area contributed by atoms with Crippen LogP contribution in [0.5, 0.6) is 0 Å². The van der Waals surface area contributed by atoms with Gasteiger partial charge in [0.1, 0.15) is 6.33 Å². The first-order valence-corrected chi connectivity index (χ1v) is 7.49. The van der Waals surface area contributed by atoms with Crippen molar-refractivity contribution in [2.24, 2.45) is 0 Å². The monoisotopic (exact) mass is 357 g/mol. The van der Waals surface area contributed by atoms with Gasteiger partial charge in [0.25, 0.3) is 5.89 Å². The Kier molecular flexibility index (Phi) is 3.76. The Hall–Kier alpha value is -3.49. The van der Waals surface area contributed by atoms with E-state index in [1.807, 2.05) is 30.3 Å². The maximum absolute atomic E-state index is 12.8. The highest BCUT2D eigenvalue weighted by atomic mass is 19.4. The predicted octanol–water partition coefficient (Wildman–Crippen LogP) is 4.00. The van der Waals surface area contributed by atoms with Crippen LogP contribution < -0.4 is 0 Å². The molecule has 0 unspecified atom stereocenters. The number of nitrogens with zero attached hydrogens (tertiary/aromatic N) is 5. The van der Waals surface area contributed by atoms with E-state index in [9.17, 15) is 13.2 Å². The summed E-state index contributed by atoms with van der Waals surface area (Å²) in [6, 6.07) is 14.0. The van der Waals surface area contributed by atoms with Gasteiger partial charge in [0.2, 0.25) is 11.6 Å². The Labute approximate surface area is 144 Å². The molecule has 130 valence electrons. The topological polar surface area (TPSA) is 69.6 Å². The number of rotatable bonds is 3. The quantitative estimate of drug-likeness (QED) is 0.554. The van der Waals surface area contributed by atoms with Crippen molar-refractivity contribution in [2.45, 2.75) is 6.18 Å². The maximum Gasteiger partial charge on any atom is 0.416 e. The molecule has 0 aliphatic heterocycles. The van der Waals surface area contributed by atoms with E-state index in [0.29, 0.717) is 0 Å². The number of benzene rings is 2. The van der Waals surface area contributed by atoms with Gasteiger partial charge in [-0.2, -0.15) is 18.2 Å². The van der Waals surface area contributed by atoms with Crippen LogP contribution in [-0.2, 0) is 6.18 Å². The highest BCUT2D eigenvalue weighted by Gasteiger charge is 2.30. The number of halogens is 3. The lowest BCUT2D eigenvalue weighted by molar-refractivity contribution is -0.137. The minimum absolute atomic E-state index is 0.0205. The van der Waals surface area contributed by atoms with Gasteiger partial charge in [0.05, 0.1) is 11.3 Å². The summed E-state index contributed by atoms with van der Waals surface area (Å²) in [5, 5.41) is 7.97. The molecule has 2 heterocycles. The van der Waals surface area contributed by atoms with Crippen LogP contribution in [0, 0.1) is 0 Å². The fourth-order valence-corrected chi connectivity index (χ4v) is 2.33. The van der Waals surface area contributed by atoms with E-state index in [0.717, 1.165) is 17.8 Å². The van der Waals surface area contributed by atoms with Gasteiger partial charge in [-0.3, -0.25) is 0 Å². The molecule has 0 fully saturated rings. The second-order valence-corrected chi connectivity index (χ2v) is 5.35. The maximum atomic E-state index is 12.8. The zero-order valence-corrected chi connectivity index (χ0v) is 13.1. The smallest absolute Gasteiger partial charge is 0.330 e. The predicted molar refractivity (Wildman–Crippen MR) is 85.1 cm³/mol. The van der Waals surface area contributed by atoms with E-state index in [2.05, 4.69) is 20.2 Å². The van der Waals surface area contributed by atoms with Gasteiger partial charge >= 0.3 is 6.18 Å². The van der Waals surface area contributed by atoms with Gasteiger partial charge in [-0.25, -0.2) is 9.67 Å². The van der Waals surface area contributed by atoms with Crippen molar-refractivity contribution in [1.82, 2.24) is 24.9 Å². The van der Waals surface area contributed by atoms with E-state index < -0.39 is 11.7 Å². The summed E-state index contributed by atoms with van der Waals surface area (Å²) < 4.78 is 45.1. The van der Waals surface area contributed by atoms with Gasteiger partial charge in [-0.15, -0.1) is 5.10 Å². The molecule has 0 bridgehead atoms. The lowest BCUT2D eigenvalue weighted by Gasteiger charge is -2.06. The minimum Gasteiger partial charge on any atom is -0.330 e. The van der Waals surface area contributed by atoms with Crippen LogP contribution in [0.4, 0.5) is 13.2 Å². The summed E-state index contributed by atoms with van der Waals surface area (Å²) in [7, 11) is 0. The molecule has 0 spiro atoms. The molecule has 0 amide bonds. The van der Waals surface area contributed by atoms with Crippen molar-refractivity contribution in [3.8, 4) is 28.8 Å². The molecule has 2 aromatic heterocycles. The van der Waals surface area contributed by atoms with Gasteiger partial charge in [-0.05, 0) is 24.3 Å². The van der Waals surface area contributed by atoms with Crippen LogP contribution in [0.2, 0.25) is 0 Å². The normalized spacial score (nSPS) is 11.7. The average Bonchev–Trinajstić information content (AvgIpc) is 3.31. The Morgan fingerprint density at radius 2 is 1.73 bits per heavy atom. The Bertz CT molecular complexity index is 1040. The second kappa shape index (κ2) is 6.10. The second-order valence-electron chi connectivity index (χ2n) is 5.35. The third-order valence-corrected chi connectivity index (χ3v) is 3.58. The third-order valence-electron chi connectivity index (χ3n) is 3.58. The van der Waals surface area contributed by atoms with E-state index >= 15 is 0 Å². The van der Waals surface area contributed by atoms with Crippen molar-refractivity contribution in [3.05, 3.63) is 66.5 Å². The van der Waals surface area contributed by atoms with E-state index in [1.165, 1.54) is 23.1 Å². The molecule has 0 atom stereocenters. The molecule has 9 heteroatoms. The molecular formula is C17H10F3N5O. The van der Waals surface area contributed by atoms with E-state index in [4.69, 9.17) is 4.52 Å². The van der Waals surface area contributed by atoms with Gasteiger partial charge in [0.15, 0.2) is 0 Å². The summed E-state index contributed by atoms with van der Waals surface area (Å²) in [5.41, 5.74) is 0.203. The molecule has 0 radical (unpaired) electrons. The van der Waals surface area contributed by atoms with Gasteiger partial charge in [-0.1, -0.05) is 35.5 Å². The van der Waals surface area contributed by atoms with Gasteiger partial charge in [0, 0.05) is 5.56 Å². The summed E-state index contributed by atoms with van der Waals surface area (Å²) >= 11 is 0. The Morgan fingerprint density at radius 1 is 0.923 bits per heavy atom. The first-order chi connectivity index (χ1) is 12.5. The standard InChI is InChI=1S/C17H10F3N5O/c18-17(19,20)12-6-4-5-11(9-12)14-22-16(26-24-14)15-21-10-25(23-15)13-7-2-1-3-8-13/h1-10H. The average molecular weight is 357 g/mol. The van der Waals surface area contributed by atoms with Crippen molar-refractivity contribution < 1.29 is 17.7 Å². The van der Waals surface area contributed by atoms with Crippen molar-refractivity contribution in [2.75, 3.05) is 0 Å². The molecule has 0 aliphatic rings. The molecule has 0 saturated heterocycles. The lowest BCUT2D eigenvalue weighted by atomic mass is 10.1. The van der Waals surface area contributed by atoms with Crippen LogP contribution in [0.1, 0.15) is 5.56 Å². The Balaban J connectivity index is 1.64. The van der Waals surface area contributed by atoms with Crippen LogP contribution in [-0.4, -0.2) is 24.9 Å². The molecule has 26 heavy (non-hydrogen) atoms. The zero-order valence-electron chi connectivity index (χ0n) is 13.1. The van der Waals surface area contributed by atoms with E-state index in [1.54, 1.807) is 0 Å². The highest BCUT2D eigenvalue weighted by Crippen LogP contribution is 2.31. The number of aromatic nitrogens is 5. The van der Waals surface area contributed by atoms with Crippen molar-refractivity contribution in [3.63, 3.8) is 0 Å². The van der Waals surface area contributed by atoms with E-state index in [-0.39, 0.29) is 23.1 Å². The van der Waals surface area contributed by atoms with Crippen LogP contribution in [0.25, 0.3) is 28.8 Å². The number of hydrogen-bond donors (Lipinski definition) is 0. The SMILES string of the molecule is FC(F)(F)c1cccc(-c2noc(-c3ncn(-c4ccccc4)n3)n2)c1. The van der Waals surface area contributed by atoms with Crippen LogP contribution in [0.15, 0.2) is 65.4 Å². The zero-order chi connectivity index (χ0) is 18.1. The third kappa shape index (κ3) is 3.06. The summed E-state index contributed by atoms with van der Waals surface area (Å²) in [6.45, 7) is 0. The minimum atomic E-state index is -4.45. The number of hydrogen-bond acceptors (Lipinski definition) is 5. The molecule has 0 saturated carbocycles. The fourth-order valence-electron chi connectivity index (χ4n) is 2.33. The van der Waals surface area contributed by atoms with Crippen LogP contribution >= 0.6 is 0 Å². The molecule has 0 N–H and O–H groups in total. The largest absolute Gasteiger partial charge is 0.416 e. The molecule has 4 aromatic rings. The molecular weight excluding hydrogens is 347 g/mol. The van der Waals surface area contributed by atoms with Crippen molar-refractivity contribution >= 4 is 0 Å². The van der Waals surface area contributed by atoms with Crippen molar-refractivity contribution in [1.29, 1.82) is 0 Å². The molecule has 0 aliphatic carbocycles. The number of para-hydroxylation sites is 1. The first kappa shape index (κ1) is 16.0. The Morgan fingerprint density at radius 3 is 2.50 bits per heavy atom. The van der Waals surface area contributed by atoms with Gasteiger partial charge < -0.3 is 4.52 Å². The first-order valence-electron chi connectivity index (χ1n) is 7.49. The fraction of sp³-hybridized carbons (Fsp3) is 0.0588. The molecule has 2 aromatic carbocycles. The molecule has 4 rings (SSSR count). The lowest BCUT2D eigenvalue weighted by Crippen LogP contribution is -2.04. The van der Waals surface area contributed by atoms with Crippen LogP contribution in [0.3, 0.4) is 0 Å². The summed E-state index contributed by atoms with van der Waals surface area (Å²) in [6.07, 6.45) is -2.96. The summed E-state index contributed by atoms with van der Waals surface area (Å²) in [5.74, 6) is 0.230. The number of alkyl halides is 3. The highest BCUT2D eigenvalue weighted by molar-refractivity contribution is 5.58. The molecule has 6 nitrogen and oxygen atoms in total.